The normalized spacial score (nSPS) is 17.7. The molecule has 39 heavy (non-hydrogen) atoms. The van der Waals surface area contributed by atoms with E-state index in [2.05, 4.69) is 15.2 Å². The lowest BCUT2D eigenvalue weighted by molar-refractivity contribution is 0.0479. The van der Waals surface area contributed by atoms with Crippen LogP contribution in [0.15, 0.2) is 52.9 Å². The summed E-state index contributed by atoms with van der Waals surface area (Å²) in [6.07, 6.45) is 5.83. The van der Waals surface area contributed by atoms with E-state index in [0.29, 0.717) is 41.6 Å². The molecule has 208 valence electrons. The van der Waals surface area contributed by atoms with Crippen LogP contribution in [0.25, 0.3) is 11.1 Å². The van der Waals surface area contributed by atoms with Crippen LogP contribution in [0, 0.1) is 5.92 Å². The minimum absolute atomic E-state index is 0.0284. The van der Waals surface area contributed by atoms with Gasteiger partial charge in [0.2, 0.25) is 0 Å². The van der Waals surface area contributed by atoms with E-state index in [-0.39, 0.29) is 12.5 Å². The van der Waals surface area contributed by atoms with Gasteiger partial charge in [-0.25, -0.2) is 4.79 Å². The minimum Gasteiger partial charge on any atom is -0.465 e. The fourth-order valence-corrected chi connectivity index (χ4v) is 5.86. The van der Waals surface area contributed by atoms with Gasteiger partial charge in [0.25, 0.3) is 11.9 Å². The van der Waals surface area contributed by atoms with Crippen LogP contribution in [0.4, 0.5) is 10.8 Å². The van der Waals surface area contributed by atoms with Crippen LogP contribution in [0.3, 0.4) is 0 Å². The second-order valence-corrected chi connectivity index (χ2v) is 10.9. The number of fused-ring (bicyclic) bond motifs is 1. The van der Waals surface area contributed by atoms with Crippen molar-refractivity contribution in [1.82, 2.24) is 15.2 Å². The van der Waals surface area contributed by atoms with Gasteiger partial charge in [0.1, 0.15) is 5.52 Å². The molecule has 1 aliphatic carbocycles. The highest BCUT2D eigenvalue weighted by atomic mass is 16.4. The zero-order valence-corrected chi connectivity index (χ0v) is 22.3. The quantitative estimate of drug-likeness (QED) is 0.345. The number of anilines is 1. The Hall–Kier alpha value is -3.59. The maximum Gasteiger partial charge on any atom is 0.404 e. The molecule has 1 aliphatic heterocycles. The van der Waals surface area contributed by atoms with Crippen molar-refractivity contribution < 1.29 is 24.2 Å². The number of rotatable bonds is 10. The number of carboxylic acid groups (broad SMARTS) is 1. The number of benzene rings is 2. The molecule has 0 spiro atoms. The summed E-state index contributed by atoms with van der Waals surface area (Å²) in [5.74, 6) is 0.153. The average molecular weight is 535 g/mol. The summed E-state index contributed by atoms with van der Waals surface area (Å²) < 4.78 is 6.02. The zero-order valence-electron chi connectivity index (χ0n) is 22.3. The van der Waals surface area contributed by atoms with Gasteiger partial charge >= 0.3 is 6.09 Å². The monoisotopic (exact) mass is 534 g/mol. The van der Waals surface area contributed by atoms with Crippen LogP contribution in [-0.4, -0.2) is 70.4 Å². The summed E-state index contributed by atoms with van der Waals surface area (Å²) in [7, 11) is 0. The first-order valence-electron chi connectivity index (χ1n) is 14.1. The molecule has 2 atom stereocenters. The summed E-state index contributed by atoms with van der Waals surface area (Å²) in [6, 6.07) is 14.6. The second-order valence-electron chi connectivity index (χ2n) is 10.9. The average Bonchev–Trinajstić information content (AvgIpc) is 3.63. The number of hydrogen-bond donors (Lipinski definition) is 3. The Labute approximate surface area is 228 Å². The van der Waals surface area contributed by atoms with Gasteiger partial charge in [-0.2, -0.15) is 4.98 Å². The largest absolute Gasteiger partial charge is 0.465 e. The van der Waals surface area contributed by atoms with Gasteiger partial charge in [0, 0.05) is 31.7 Å². The van der Waals surface area contributed by atoms with Gasteiger partial charge in [-0.05, 0) is 61.8 Å². The molecule has 3 aromatic rings. The number of hydrogen-bond acceptors (Lipinski definition) is 6. The Balaban J connectivity index is 1.36. The fraction of sp³-hybridized carbons (Fsp3) is 0.500. The van der Waals surface area contributed by atoms with Gasteiger partial charge in [-0.15, -0.1) is 0 Å². The van der Waals surface area contributed by atoms with Gasteiger partial charge in [0.15, 0.2) is 5.58 Å². The smallest absolute Gasteiger partial charge is 0.404 e. The first kappa shape index (κ1) is 27.0. The number of carbonyl (C=O) groups is 2. The Bertz CT molecular complexity index is 1250. The summed E-state index contributed by atoms with van der Waals surface area (Å²) in [6.45, 7) is 2.38. The Morgan fingerprint density at radius 2 is 1.79 bits per heavy atom. The first-order valence-corrected chi connectivity index (χ1v) is 14.1. The molecule has 5 rings (SSSR count). The van der Waals surface area contributed by atoms with Gasteiger partial charge in [0.05, 0.1) is 12.1 Å². The number of amides is 2. The van der Waals surface area contributed by atoms with Crippen LogP contribution in [0.2, 0.25) is 0 Å². The second kappa shape index (κ2) is 12.5. The SMILES string of the molecule is O=C(O)N[C@@H](Cc1ccccc1)[C@H](O)CN(CC1CCCCC1)C(=O)c1ccc2nc(N3CCCC3)oc2c1. The Morgan fingerprint density at radius 1 is 1.05 bits per heavy atom. The Kier molecular flexibility index (Phi) is 8.66. The molecular weight excluding hydrogens is 496 g/mol. The van der Waals surface area contributed by atoms with Crippen LogP contribution in [0.1, 0.15) is 60.9 Å². The molecule has 9 nitrogen and oxygen atoms in total. The van der Waals surface area contributed by atoms with Crippen molar-refractivity contribution in [3.63, 3.8) is 0 Å². The van der Waals surface area contributed by atoms with Crippen LogP contribution < -0.4 is 10.2 Å². The molecule has 2 aliphatic rings. The van der Waals surface area contributed by atoms with Crippen molar-refractivity contribution in [1.29, 1.82) is 0 Å². The van der Waals surface area contributed by atoms with E-state index >= 15 is 0 Å². The third-order valence-electron chi connectivity index (χ3n) is 7.97. The number of nitrogens with zero attached hydrogens (tertiary/aromatic N) is 3. The molecule has 2 fully saturated rings. The van der Waals surface area contributed by atoms with E-state index < -0.39 is 18.2 Å². The minimum atomic E-state index is -1.20. The van der Waals surface area contributed by atoms with E-state index in [9.17, 15) is 19.8 Å². The molecule has 0 bridgehead atoms. The number of aliphatic hydroxyl groups is 1. The highest BCUT2D eigenvalue weighted by molar-refractivity contribution is 5.97. The number of aliphatic hydroxyl groups excluding tert-OH is 1. The summed E-state index contributed by atoms with van der Waals surface area (Å²) in [5, 5.41) is 23.2. The maximum atomic E-state index is 13.9. The third kappa shape index (κ3) is 6.89. The lowest BCUT2D eigenvalue weighted by Gasteiger charge is -2.33. The molecule has 2 aromatic carbocycles. The lowest BCUT2D eigenvalue weighted by Crippen LogP contribution is -2.51. The molecule has 9 heteroatoms. The maximum absolute atomic E-state index is 13.9. The number of oxazole rings is 1. The number of nitrogens with one attached hydrogen (secondary N) is 1. The summed E-state index contributed by atoms with van der Waals surface area (Å²) >= 11 is 0. The summed E-state index contributed by atoms with van der Waals surface area (Å²) in [5.41, 5.74) is 2.65. The molecule has 0 unspecified atom stereocenters. The van der Waals surface area contributed by atoms with Crippen molar-refractivity contribution in [3.8, 4) is 0 Å². The highest BCUT2D eigenvalue weighted by Gasteiger charge is 2.29. The van der Waals surface area contributed by atoms with E-state index in [1.54, 1.807) is 17.0 Å². The zero-order chi connectivity index (χ0) is 27.2. The number of carbonyl (C=O) groups excluding carboxylic acids is 1. The standard InChI is InChI=1S/C30H38N4O5/c35-26(25(32-30(37)38)17-21-9-3-1-4-10-21)20-34(19-22-11-5-2-6-12-22)28(36)23-13-14-24-27(18-23)39-29(31-24)33-15-7-8-16-33/h1,3-4,9-10,13-14,18,22,25-26,32,35H,2,5-8,11-12,15-17,19-20H2,(H,37,38)/t25-,26+/m0/s1. The van der Waals surface area contributed by atoms with E-state index in [1.165, 1.54) is 6.42 Å². The van der Waals surface area contributed by atoms with E-state index in [1.807, 2.05) is 36.4 Å². The van der Waals surface area contributed by atoms with Crippen LogP contribution in [0.5, 0.6) is 0 Å². The molecule has 0 radical (unpaired) electrons. The molecule has 3 N–H and O–H groups in total. The molecule has 1 saturated carbocycles. The van der Waals surface area contributed by atoms with Gasteiger partial charge in [-0.3, -0.25) is 4.79 Å². The third-order valence-corrected chi connectivity index (χ3v) is 7.97. The first-order chi connectivity index (χ1) is 19.0. The van der Waals surface area contributed by atoms with Gasteiger partial charge < -0.3 is 29.7 Å². The van der Waals surface area contributed by atoms with Crippen LogP contribution >= 0.6 is 0 Å². The fourth-order valence-electron chi connectivity index (χ4n) is 5.86. The van der Waals surface area contributed by atoms with E-state index in [0.717, 1.165) is 57.2 Å². The van der Waals surface area contributed by atoms with E-state index in [4.69, 9.17) is 4.42 Å². The van der Waals surface area contributed by atoms with Crippen molar-refractivity contribution >= 4 is 29.1 Å². The van der Waals surface area contributed by atoms with Crippen molar-refractivity contribution in [2.45, 2.75) is 63.5 Å². The molecular formula is C30H38N4O5. The predicted molar refractivity (Wildman–Crippen MR) is 149 cm³/mol. The van der Waals surface area contributed by atoms with Crippen molar-refractivity contribution in [2.24, 2.45) is 5.92 Å². The molecule has 1 aromatic heterocycles. The van der Waals surface area contributed by atoms with Crippen LogP contribution in [-0.2, 0) is 6.42 Å². The van der Waals surface area contributed by atoms with Crippen molar-refractivity contribution in [2.75, 3.05) is 31.1 Å². The van der Waals surface area contributed by atoms with Crippen molar-refractivity contribution in [3.05, 3.63) is 59.7 Å². The predicted octanol–water partition coefficient (Wildman–Crippen LogP) is 4.69. The molecule has 2 heterocycles. The molecule has 1 saturated heterocycles. The number of aromatic nitrogens is 1. The summed E-state index contributed by atoms with van der Waals surface area (Å²) in [4.78, 5) is 33.9. The lowest BCUT2D eigenvalue weighted by atomic mass is 9.88. The Morgan fingerprint density at radius 3 is 2.51 bits per heavy atom. The topological polar surface area (TPSA) is 119 Å². The van der Waals surface area contributed by atoms with Gasteiger partial charge in [-0.1, -0.05) is 49.6 Å². The molecule has 2 amide bonds. The highest BCUT2D eigenvalue weighted by Crippen LogP contribution is 2.28.